The normalized spacial score (nSPS) is 11.2. The molecule has 1 heterocycles. The molecule has 0 atom stereocenters. The highest BCUT2D eigenvalue weighted by Gasteiger charge is 2.15. The molecule has 0 fully saturated rings. The van der Waals surface area contributed by atoms with Crippen molar-refractivity contribution in [3.8, 4) is 0 Å². The summed E-state index contributed by atoms with van der Waals surface area (Å²) in [4.78, 5) is 11.6. The van der Waals surface area contributed by atoms with E-state index in [0.717, 1.165) is 37.0 Å². The molecule has 0 spiro atoms. The Morgan fingerprint density at radius 1 is 1.16 bits per heavy atom. The first-order valence-electron chi connectivity index (χ1n) is 7.36. The Labute approximate surface area is 117 Å². The van der Waals surface area contributed by atoms with Gasteiger partial charge in [-0.2, -0.15) is 0 Å². The van der Waals surface area contributed by atoms with Gasteiger partial charge in [0.1, 0.15) is 17.5 Å². The van der Waals surface area contributed by atoms with E-state index in [-0.39, 0.29) is 0 Å². The van der Waals surface area contributed by atoms with Crippen LogP contribution in [0.15, 0.2) is 6.07 Å². The summed E-state index contributed by atoms with van der Waals surface area (Å²) >= 11 is 0. The number of hydrogen-bond donors (Lipinski definition) is 1. The zero-order chi connectivity index (χ0) is 14.4. The molecule has 1 rings (SSSR count). The summed E-state index contributed by atoms with van der Waals surface area (Å²) in [6, 6.07) is 2.50. The molecule has 19 heavy (non-hydrogen) atoms. The molecule has 0 saturated heterocycles. The first kappa shape index (κ1) is 15.7. The molecule has 0 saturated carbocycles. The molecule has 0 aliphatic carbocycles. The fourth-order valence-corrected chi connectivity index (χ4v) is 2.02. The lowest BCUT2D eigenvalue weighted by atomic mass is 10.2. The van der Waals surface area contributed by atoms with Crippen molar-refractivity contribution in [1.29, 1.82) is 0 Å². The van der Waals surface area contributed by atoms with Gasteiger partial charge in [-0.1, -0.05) is 20.8 Å². The van der Waals surface area contributed by atoms with Crippen molar-refractivity contribution in [2.24, 2.45) is 5.92 Å². The van der Waals surface area contributed by atoms with Gasteiger partial charge in [0.25, 0.3) is 0 Å². The van der Waals surface area contributed by atoms with Gasteiger partial charge in [0.15, 0.2) is 0 Å². The minimum absolute atomic E-state index is 0.441. The van der Waals surface area contributed by atoms with Gasteiger partial charge in [0.2, 0.25) is 0 Å². The SMILES string of the molecule is CCNc1cc(N(CC(C)C)C(C)C)nc(CC)n1. The van der Waals surface area contributed by atoms with E-state index >= 15 is 0 Å². The molecule has 4 nitrogen and oxygen atoms in total. The Bertz CT molecular complexity index is 388. The Morgan fingerprint density at radius 2 is 1.84 bits per heavy atom. The predicted octanol–water partition coefficient (Wildman–Crippen LogP) is 3.34. The Hall–Kier alpha value is -1.32. The molecule has 0 unspecified atom stereocenters. The maximum atomic E-state index is 4.68. The molecule has 0 amide bonds. The summed E-state index contributed by atoms with van der Waals surface area (Å²) in [7, 11) is 0. The molecular formula is C15H28N4. The first-order valence-corrected chi connectivity index (χ1v) is 7.36. The van der Waals surface area contributed by atoms with Crippen LogP contribution in [-0.2, 0) is 6.42 Å². The lowest BCUT2D eigenvalue weighted by molar-refractivity contribution is 0.565. The standard InChI is InChI=1S/C15H28N4/c1-7-13-17-14(16-8-2)9-15(18-13)19(12(5)6)10-11(3)4/h9,11-12H,7-8,10H2,1-6H3,(H,16,17,18). The third-order valence-corrected chi connectivity index (χ3v) is 2.91. The zero-order valence-electron chi connectivity index (χ0n) is 13.2. The minimum Gasteiger partial charge on any atom is -0.370 e. The number of aromatic nitrogens is 2. The predicted molar refractivity (Wildman–Crippen MR) is 82.9 cm³/mol. The Morgan fingerprint density at radius 3 is 2.32 bits per heavy atom. The molecule has 0 aromatic carbocycles. The smallest absolute Gasteiger partial charge is 0.134 e. The lowest BCUT2D eigenvalue weighted by Gasteiger charge is -2.30. The van der Waals surface area contributed by atoms with E-state index in [2.05, 4.69) is 67.8 Å². The van der Waals surface area contributed by atoms with Crippen molar-refractivity contribution in [2.75, 3.05) is 23.3 Å². The molecule has 1 aromatic rings. The monoisotopic (exact) mass is 264 g/mol. The van der Waals surface area contributed by atoms with Gasteiger partial charge in [-0.05, 0) is 26.7 Å². The minimum atomic E-state index is 0.441. The number of nitrogens with zero attached hydrogens (tertiary/aromatic N) is 3. The molecule has 1 aromatic heterocycles. The molecule has 108 valence electrons. The fraction of sp³-hybridized carbons (Fsp3) is 0.733. The van der Waals surface area contributed by atoms with Gasteiger partial charge in [0.05, 0.1) is 0 Å². The topological polar surface area (TPSA) is 41.0 Å². The van der Waals surface area contributed by atoms with E-state index < -0.39 is 0 Å². The number of rotatable bonds is 7. The third-order valence-electron chi connectivity index (χ3n) is 2.91. The second-order valence-corrected chi connectivity index (χ2v) is 5.55. The summed E-state index contributed by atoms with van der Waals surface area (Å²) < 4.78 is 0. The second kappa shape index (κ2) is 7.31. The van der Waals surface area contributed by atoms with Crippen LogP contribution in [0.25, 0.3) is 0 Å². The maximum absolute atomic E-state index is 4.68. The van der Waals surface area contributed by atoms with Crippen LogP contribution in [0, 0.1) is 5.92 Å². The molecule has 0 aliphatic heterocycles. The number of hydrogen-bond acceptors (Lipinski definition) is 4. The van der Waals surface area contributed by atoms with Gasteiger partial charge < -0.3 is 10.2 Å². The second-order valence-electron chi connectivity index (χ2n) is 5.55. The number of nitrogens with one attached hydrogen (secondary N) is 1. The van der Waals surface area contributed by atoms with Crippen molar-refractivity contribution in [3.05, 3.63) is 11.9 Å². The van der Waals surface area contributed by atoms with Crippen LogP contribution in [-0.4, -0.2) is 29.1 Å². The van der Waals surface area contributed by atoms with Gasteiger partial charge in [-0.15, -0.1) is 0 Å². The van der Waals surface area contributed by atoms with E-state index in [0.29, 0.717) is 12.0 Å². The average molecular weight is 264 g/mol. The van der Waals surface area contributed by atoms with Crippen LogP contribution in [0.4, 0.5) is 11.6 Å². The molecule has 1 N–H and O–H groups in total. The summed E-state index contributed by atoms with van der Waals surface area (Å²) in [5.41, 5.74) is 0. The fourth-order valence-electron chi connectivity index (χ4n) is 2.02. The lowest BCUT2D eigenvalue weighted by Crippen LogP contribution is -2.35. The van der Waals surface area contributed by atoms with Crippen molar-refractivity contribution in [3.63, 3.8) is 0 Å². The molecule has 0 aliphatic rings. The van der Waals surface area contributed by atoms with E-state index in [1.54, 1.807) is 0 Å². The molecule has 0 bridgehead atoms. The molecule has 0 radical (unpaired) electrons. The summed E-state index contributed by atoms with van der Waals surface area (Å²) in [5, 5.41) is 3.29. The van der Waals surface area contributed by atoms with Crippen LogP contribution in [0.3, 0.4) is 0 Å². The van der Waals surface area contributed by atoms with Crippen molar-refractivity contribution in [1.82, 2.24) is 9.97 Å². The Kier molecular flexibility index (Phi) is 6.06. The Balaban J connectivity index is 3.09. The number of aryl methyl sites for hydroxylation is 1. The van der Waals surface area contributed by atoms with Crippen LogP contribution in [0.5, 0.6) is 0 Å². The highest BCUT2D eigenvalue weighted by atomic mass is 15.2. The van der Waals surface area contributed by atoms with E-state index in [9.17, 15) is 0 Å². The van der Waals surface area contributed by atoms with Crippen LogP contribution < -0.4 is 10.2 Å². The summed E-state index contributed by atoms with van der Waals surface area (Å²) in [5.74, 6) is 3.48. The van der Waals surface area contributed by atoms with E-state index in [4.69, 9.17) is 0 Å². The molecular weight excluding hydrogens is 236 g/mol. The summed E-state index contributed by atoms with van der Waals surface area (Å²) in [6.45, 7) is 15.0. The molecule has 4 heteroatoms. The van der Waals surface area contributed by atoms with Gasteiger partial charge >= 0.3 is 0 Å². The quantitative estimate of drug-likeness (QED) is 0.820. The third kappa shape index (κ3) is 4.69. The van der Waals surface area contributed by atoms with Gasteiger partial charge in [-0.25, -0.2) is 9.97 Å². The summed E-state index contributed by atoms with van der Waals surface area (Å²) in [6.07, 6.45) is 0.861. The zero-order valence-corrected chi connectivity index (χ0v) is 13.2. The van der Waals surface area contributed by atoms with Crippen molar-refractivity contribution >= 4 is 11.6 Å². The largest absolute Gasteiger partial charge is 0.370 e. The highest BCUT2D eigenvalue weighted by Crippen LogP contribution is 2.20. The van der Waals surface area contributed by atoms with E-state index in [1.807, 2.05) is 0 Å². The number of anilines is 2. The van der Waals surface area contributed by atoms with Crippen molar-refractivity contribution in [2.45, 2.75) is 54.0 Å². The first-order chi connectivity index (χ1) is 8.97. The van der Waals surface area contributed by atoms with Crippen LogP contribution >= 0.6 is 0 Å². The van der Waals surface area contributed by atoms with Gasteiger partial charge in [-0.3, -0.25) is 0 Å². The maximum Gasteiger partial charge on any atom is 0.134 e. The average Bonchev–Trinajstić information content (AvgIpc) is 2.35. The van der Waals surface area contributed by atoms with E-state index in [1.165, 1.54) is 0 Å². The van der Waals surface area contributed by atoms with Gasteiger partial charge in [0, 0.05) is 31.6 Å². The highest BCUT2D eigenvalue weighted by molar-refractivity contribution is 5.50. The van der Waals surface area contributed by atoms with Crippen molar-refractivity contribution < 1.29 is 0 Å². The van der Waals surface area contributed by atoms with Crippen LogP contribution in [0.1, 0.15) is 47.4 Å². The van der Waals surface area contributed by atoms with Crippen LogP contribution in [0.2, 0.25) is 0 Å².